The number of carbonyl (C=O) groups excluding carboxylic acids is 1. The van der Waals surface area contributed by atoms with Gasteiger partial charge in [-0.2, -0.15) is 0 Å². The van der Waals surface area contributed by atoms with Crippen molar-refractivity contribution in [2.45, 2.75) is 51.4 Å². The normalized spacial score (nSPS) is 13.0. The molecule has 2 rings (SSSR count). The number of thioether (sulfide) groups is 1. The van der Waals surface area contributed by atoms with Gasteiger partial charge in [-0.25, -0.2) is 9.97 Å². The molecule has 2 aromatic rings. The lowest BCUT2D eigenvalue weighted by atomic mass is 10.2. The molecule has 1 atom stereocenters. The predicted octanol–water partition coefficient (Wildman–Crippen LogP) is 3.12. The van der Waals surface area contributed by atoms with Crippen LogP contribution in [-0.2, 0) is 11.3 Å². The maximum Gasteiger partial charge on any atom is 0.230 e. The first-order chi connectivity index (χ1) is 10.9. The molecule has 23 heavy (non-hydrogen) atoms. The van der Waals surface area contributed by atoms with E-state index in [9.17, 15) is 4.79 Å². The van der Waals surface area contributed by atoms with E-state index in [2.05, 4.69) is 32.6 Å². The Hall–Kier alpha value is -1.18. The Morgan fingerprint density at radius 3 is 2.52 bits per heavy atom. The van der Waals surface area contributed by atoms with Crippen molar-refractivity contribution < 1.29 is 4.79 Å². The Bertz CT molecular complexity index is 710. The molecule has 0 spiro atoms. The van der Waals surface area contributed by atoms with Crippen LogP contribution >= 0.6 is 23.1 Å². The minimum absolute atomic E-state index is 0.311. The lowest BCUT2D eigenvalue weighted by molar-refractivity contribution is -0.117. The highest BCUT2D eigenvalue weighted by molar-refractivity contribution is 8.00. The summed E-state index contributed by atoms with van der Waals surface area (Å²) in [7, 11) is 0. The van der Waals surface area contributed by atoms with Gasteiger partial charge in [0.25, 0.3) is 0 Å². The molecular formula is C16H24N4OS2. The largest absolute Gasteiger partial charge is 0.369 e. The van der Waals surface area contributed by atoms with Gasteiger partial charge in [-0.1, -0.05) is 25.6 Å². The minimum Gasteiger partial charge on any atom is -0.369 e. The fourth-order valence-electron chi connectivity index (χ4n) is 2.28. The third-order valence-electron chi connectivity index (χ3n) is 3.99. The number of carbonyl (C=O) groups is 1. The van der Waals surface area contributed by atoms with Crippen molar-refractivity contribution in [3.8, 4) is 0 Å². The predicted molar refractivity (Wildman–Crippen MR) is 98.0 cm³/mol. The van der Waals surface area contributed by atoms with E-state index < -0.39 is 0 Å². The van der Waals surface area contributed by atoms with Gasteiger partial charge in [-0.05, 0) is 39.4 Å². The van der Waals surface area contributed by atoms with Gasteiger partial charge in [-0.15, -0.1) is 11.3 Å². The van der Waals surface area contributed by atoms with Crippen molar-refractivity contribution in [3.63, 3.8) is 0 Å². The van der Waals surface area contributed by atoms with Crippen molar-refractivity contribution in [1.29, 1.82) is 0 Å². The zero-order chi connectivity index (χ0) is 17.1. The summed E-state index contributed by atoms with van der Waals surface area (Å²) in [6.45, 7) is 12.9. The molecule has 0 aliphatic carbocycles. The fourth-order valence-corrected chi connectivity index (χ4v) is 4.37. The van der Waals surface area contributed by atoms with Crippen LogP contribution in [-0.4, -0.2) is 39.1 Å². The molecule has 0 aliphatic rings. The van der Waals surface area contributed by atoms with Gasteiger partial charge in [0.2, 0.25) is 5.91 Å². The lowest BCUT2D eigenvalue weighted by Gasteiger charge is -2.17. The Morgan fingerprint density at radius 1 is 1.30 bits per heavy atom. The summed E-state index contributed by atoms with van der Waals surface area (Å²) in [6, 6.07) is 0. The summed E-state index contributed by atoms with van der Waals surface area (Å²) >= 11 is 3.11. The first-order valence-corrected chi connectivity index (χ1v) is 9.51. The van der Waals surface area contributed by atoms with Gasteiger partial charge >= 0.3 is 0 Å². The number of primary amides is 1. The van der Waals surface area contributed by atoms with E-state index in [0.29, 0.717) is 0 Å². The molecule has 0 aliphatic heterocycles. The van der Waals surface area contributed by atoms with Crippen molar-refractivity contribution in [2.75, 3.05) is 13.1 Å². The van der Waals surface area contributed by atoms with E-state index in [1.54, 1.807) is 11.3 Å². The highest BCUT2D eigenvalue weighted by Crippen LogP contribution is 2.36. The Morgan fingerprint density at radius 2 is 1.96 bits per heavy atom. The second-order valence-electron chi connectivity index (χ2n) is 5.53. The molecule has 2 aromatic heterocycles. The second kappa shape index (κ2) is 7.59. The second-order valence-corrected chi connectivity index (χ2v) is 8.06. The van der Waals surface area contributed by atoms with Crippen LogP contribution in [0.2, 0.25) is 0 Å². The van der Waals surface area contributed by atoms with Crippen LogP contribution < -0.4 is 5.73 Å². The summed E-state index contributed by atoms with van der Waals surface area (Å²) in [6.07, 6.45) is 0. The van der Waals surface area contributed by atoms with E-state index in [4.69, 9.17) is 15.7 Å². The van der Waals surface area contributed by atoms with Crippen molar-refractivity contribution in [2.24, 2.45) is 5.73 Å². The number of amides is 1. The number of aromatic nitrogens is 2. The number of thiophene rings is 1. The summed E-state index contributed by atoms with van der Waals surface area (Å²) in [5.41, 5.74) is 6.62. The Balaban J connectivity index is 2.49. The molecule has 7 heteroatoms. The van der Waals surface area contributed by atoms with Crippen LogP contribution in [0.5, 0.6) is 0 Å². The monoisotopic (exact) mass is 352 g/mol. The fraction of sp³-hybridized carbons (Fsp3) is 0.562. The number of hydrogen-bond acceptors (Lipinski definition) is 6. The third-order valence-corrected chi connectivity index (χ3v) is 6.20. The van der Waals surface area contributed by atoms with Gasteiger partial charge in [0.15, 0.2) is 0 Å². The zero-order valence-electron chi connectivity index (χ0n) is 14.3. The number of rotatable bonds is 7. The summed E-state index contributed by atoms with van der Waals surface area (Å²) < 4.78 is 0. The van der Waals surface area contributed by atoms with E-state index in [0.717, 1.165) is 40.7 Å². The quantitative estimate of drug-likeness (QED) is 0.612. The molecule has 5 nitrogen and oxygen atoms in total. The van der Waals surface area contributed by atoms with Crippen molar-refractivity contribution in [1.82, 2.24) is 14.9 Å². The molecule has 0 saturated carbocycles. The number of nitrogens with two attached hydrogens (primary N) is 1. The van der Waals surface area contributed by atoms with Crippen LogP contribution in [0.4, 0.5) is 0 Å². The van der Waals surface area contributed by atoms with Gasteiger partial charge in [0.1, 0.15) is 15.7 Å². The van der Waals surface area contributed by atoms with Gasteiger partial charge in [0.05, 0.1) is 11.8 Å². The molecule has 0 saturated heterocycles. The third kappa shape index (κ3) is 4.02. The minimum atomic E-state index is -0.323. The molecule has 1 unspecified atom stereocenters. The van der Waals surface area contributed by atoms with E-state index >= 15 is 0 Å². The Kier molecular flexibility index (Phi) is 6.00. The van der Waals surface area contributed by atoms with Crippen LogP contribution in [0.3, 0.4) is 0 Å². The van der Waals surface area contributed by atoms with E-state index in [-0.39, 0.29) is 11.2 Å². The standard InChI is InChI=1S/C16H24N4OS2/c1-6-20(7-2)8-12-18-15-13(9(3)10(4)22-15)16(19-12)23-11(5)14(17)21/h11H,6-8H2,1-5H3,(H2,17,21). The molecule has 2 heterocycles. The number of hydrogen-bond donors (Lipinski definition) is 1. The summed E-state index contributed by atoms with van der Waals surface area (Å²) in [5.74, 6) is 0.485. The van der Waals surface area contributed by atoms with Crippen LogP contribution in [0, 0.1) is 13.8 Å². The number of aryl methyl sites for hydroxylation is 2. The SMILES string of the molecule is CCN(CC)Cc1nc(SC(C)C(N)=O)c2c(C)c(C)sc2n1. The molecule has 0 bridgehead atoms. The molecule has 0 aromatic carbocycles. The van der Waals surface area contributed by atoms with Crippen LogP contribution in [0.25, 0.3) is 10.2 Å². The van der Waals surface area contributed by atoms with E-state index in [1.165, 1.54) is 22.2 Å². The van der Waals surface area contributed by atoms with E-state index in [1.807, 2.05) is 6.92 Å². The highest BCUT2D eigenvalue weighted by Gasteiger charge is 2.19. The maximum absolute atomic E-state index is 11.4. The molecule has 2 N–H and O–H groups in total. The van der Waals surface area contributed by atoms with Crippen LogP contribution in [0.15, 0.2) is 5.03 Å². The summed E-state index contributed by atoms with van der Waals surface area (Å²) in [5, 5.41) is 1.62. The van der Waals surface area contributed by atoms with Gasteiger partial charge in [0, 0.05) is 10.3 Å². The number of nitrogens with zero attached hydrogens (tertiary/aromatic N) is 3. The zero-order valence-corrected chi connectivity index (χ0v) is 16.0. The topological polar surface area (TPSA) is 72.1 Å². The van der Waals surface area contributed by atoms with Gasteiger partial charge in [-0.3, -0.25) is 9.69 Å². The van der Waals surface area contributed by atoms with Crippen molar-refractivity contribution in [3.05, 3.63) is 16.3 Å². The van der Waals surface area contributed by atoms with Crippen LogP contribution in [0.1, 0.15) is 37.0 Å². The molecule has 0 radical (unpaired) electrons. The smallest absolute Gasteiger partial charge is 0.230 e. The average Bonchev–Trinajstić information content (AvgIpc) is 2.79. The average molecular weight is 353 g/mol. The first-order valence-electron chi connectivity index (χ1n) is 7.82. The highest BCUT2D eigenvalue weighted by atomic mass is 32.2. The number of fused-ring (bicyclic) bond motifs is 1. The molecule has 1 amide bonds. The first kappa shape index (κ1) is 18.2. The summed E-state index contributed by atoms with van der Waals surface area (Å²) in [4.78, 5) is 25.4. The molecule has 0 fully saturated rings. The lowest BCUT2D eigenvalue weighted by Crippen LogP contribution is -2.24. The van der Waals surface area contributed by atoms with Crippen molar-refractivity contribution >= 4 is 39.2 Å². The molecule has 126 valence electrons. The molecular weight excluding hydrogens is 328 g/mol. The maximum atomic E-state index is 11.4. The van der Waals surface area contributed by atoms with Gasteiger partial charge < -0.3 is 5.73 Å². The Labute approximate surface area is 145 Å².